The lowest BCUT2D eigenvalue weighted by molar-refractivity contribution is -0.135. The molecule has 1 aromatic carbocycles. The van der Waals surface area contributed by atoms with Crippen molar-refractivity contribution in [3.05, 3.63) is 35.4 Å². The van der Waals surface area contributed by atoms with E-state index in [1.165, 1.54) is 24.0 Å². The molecule has 0 bridgehead atoms. The SMILES string of the molecule is CC(N)C1CCCCN1C(=O)CC1CCCc2ccccc21.Cl. The Morgan fingerprint density at radius 1 is 1.26 bits per heavy atom. The number of benzene rings is 1. The monoisotopic (exact) mass is 336 g/mol. The quantitative estimate of drug-likeness (QED) is 0.915. The fourth-order valence-corrected chi connectivity index (χ4v) is 4.21. The molecule has 1 aliphatic heterocycles. The first-order chi connectivity index (χ1) is 10.7. The number of carbonyl (C=O) groups is 1. The topological polar surface area (TPSA) is 46.3 Å². The van der Waals surface area contributed by atoms with E-state index in [0.717, 1.165) is 32.2 Å². The van der Waals surface area contributed by atoms with E-state index in [0.29, 0.717) is 18.2 Å². The van der Waals surface area contributed by atoms with Gasteiger partial charge in [-0.15, -0.1) is 12.4 Å². The number of rotatable bonds is 3. The van der Waals surface area contributed by atoms with Gasteiger partial charge in [0.25, 0.3) is 0 Å². The Hall–Kier alpha value is -1.06. The molecule has 4 heteroatoms. The Labute approximate surface area is 146 Å². The van der Waals surface area contributed by atoms with Crippen LogP contribution in [0.3, 0.4) is 0 Å². The third-order valence-corrected chi connectivity index (χ3v) is 5.39. The summed E-state index contributed by atoms with van der Waals surface area (Å²) >= 11 is 0. The average Bonchev–Trinajstić information content (AvgIpc) is 2.55. The maximum atomic E-state index is 12.9. The number of hydrogen-bond acceptors (Lipinski definition) is 2. The minimum atomic E-state index is 0. The third kappa shape index (κ3) is 4.07. The largest absolute Gasteiger partial charge is 0.338 e. The van der Waals surface area contributed by atoms with Crippen LogP contribution in [0.15, 0.2) is 24.3 Å². The minimum absolute atomic E-state index is 0. The van der Waals surface area contributed by atoms with Gasteiger partial charge in [-0.25, -0.2) is 0 Å². The molecule has 2 N–H and O–H groups in total. The van der Waals surface area contributed by atoms with Crippen molar-refractivity contribution in [3.8, 4) is 0 Å². The number of amides is 1. The van der Waals surface area contributed by atoms with Crippen molar-refractivity contribution in [1.82, 2.24) is 4.90 Å². The van der Waals surface area contributed by atoms with Crippen LogP contribution < -0.4 is 5.73 Å². The zero-order valence-corrected chi connectivity index (χ0v) is 14.9. The zero-order valence-electron chi connectivity index (χ0n) is 14.0. The number of carbonyl (C=O) groups excluding carboxylic acids is 1. The summed E-state index contributed by atoms with van der Waals surface area (Å²) in [7, 11) is 0. The highest BCUT2D eigenvalue weighted by molar-refractivity contribution is 5.85. The van der Waals surface area contributed by atoms with Gasteiger partial charge in [-0.3, -0.25) is 4.79 Å². The van der Waals surface area contributed by atoms with Gasteiger partial charge in [0.15, 0.2) is 0 Å². The summed E-state index contributed by atoms with van der Waals surface area (Å²) in [5.74, 6) is 0.705. The number of fused-ring (bicyclic) bond motifs is 1. The zero-order chi connectivity index (χ0) is 15.5. The smallest absolute Gasteiger partial charge is 0.223 e. The molecule has 23 heavy (non-hydrogen) atoms. The number of piperidine rings is 1. The van der Waals surface area contributed by atoms with E-state index in [2.05, 4.69) is 29.2 Å². The van der Waals surface area contributed by atoms with Crippen molar-refractivity contribution in [3.63, 3.8) is 0 Å². The van der Waals surface area contributed by atoms with E-state index in [1.807, 2.05) is 6.92 Å². The summed E-state index contributed by atoms with van der Waals surface area (Å²) in [6.07, 6.45) is 7.53. The summed E-state index contributed by atoms with van der Waals surface area (Å²) in [6, 6.07) is 8.96. The molecule has 128 valence electrons. The highest BCUT2D eigenvalue weighted by Crippen LogP contribution is 2.35. The summed E-state index contributed by atoms with van der Waals surface area (Å²) in [5, 5.41) is 0. The van der Waals surface area contributed by atoms with Gasteiger partial charge in [0.05, 0.1) is 0 Å². The van der Waals surface area contributed by atoms with Crippen molar-refractivity contribution in [2.75, 3.05) is 6.54 Å². The number of nitrogens with two attached hydrogens (primary N) is 1. The molecule has 0 radical (unpaired) electrons. The second-order valence-electron chi connectivity index (χ2n) is 7.00. The molecule has 1 fully saturated rings. The lowest BCUT2D eigenvalue weighted by Crippen LogP contribution is -2.51. The fourth-order valence-electron chi connectivity index (χ4n) is 4.21. The van der Waals surface area contributed by atoms with E-state index in [-0.39, 0.29) is 24.5 Å². The van der Waals surface area contributed by atoms with E-state index < -0.39 is 0 Å². The van der Waals surface area contributed by atoms with Gasteiger partial charge in [0.2, 0.25) is 5.91 Å². The minimum Gasteiger partial charge on any atom is -0.338 e. The molecule has 1 aliphatic carbocycles. The van der Waals surface area contributed by atoms with Crippen LogP contribution in [-0.4, -0.2) is 29.4 Å². The van der Waals surface area contributed by atoms with E-state index in [4.69, 9.17) is 5.73 Å². The van der Waals surface area contributed by atoms with Crippen LogP contribution in [0.25, 0.3) is 0 Å². The van der Waals surface area contributed by atoms with Gasteiger partial charge < -0.3 is 10.6 Å². The molecule has 0 saturated carbocycles. The molecule has 1 heterocycles. The predicted molar refractivity (Wildman–Crippen MR) is 97.0 cm³/mol. The van der Waals surface area contributed by atoms with Gasteiger partial charge in [-0.2, -0.15) is 0 Å². The van der Waals surface area contributed by atoms with Gasteiger partial charge in [-0.1, -0.05) is 24.3 Å². The van der Waals surface area contributed by atoms with E-state index in [9.17, 15) is 4.79 Å². The van der Waals surface area contributed by atoms with Crippen LogP contribution in [0, 0.1) is 0 Å². The Balaban J connectivity index is 0.00000192. The first-order valence-corrected chi connectivity index (χ1v) is 8.79. The standard InChI is InChI=1S/C19H28N2O.ClH/c1-14(20)18-11-4-5-12-21(18)19(22)13-16-9-6-8-15-7-2-3-10-17(15)16;/h2-3,7,10,14,16,18H,4-6,8-9,11-13,20H2,1H3;1H. The van der Waals surface area contributed by atoms with Crippen LogP contribution in [-0.2, 0) is 11.2 Å². The van der Waals surface area contributed by atoms with Gasteiger partial charge >= 0.3 is 0 Å². The number of likely N-dealkylation sites (tertiary alicyclic amines) is 1. The molecule has 3 rings (SSSR count). The molecule has 1 amide bonds. The van der Waals surface area contributed by atoms with E-state index in [1.54, 1.807) is 0 Å². The van der Waals surface area contributed by atoms with Gasteiger partial charge in [0, 0.05) is 25.0 Å². The summed E-state index contributed by atoms with van der Waals surface area (Å²) in [5.41, 5.74) is 8.95. The lowest BCUT2D eigenvalue weighted by Gasteiger charge is -2.39. The lowest BCUT2D eigenvalue weighted by atomic mass is 9.80. The second kappa shape index (κ2) is 8.16. The molecular weight excluding hydrogens is 308 g/mol. The van der Waals surface area contributed by atoms with Gasteiger partial charge in [0.1, 0.15) is 0 Å². The molecular formula is C19H29ClN2O. The van der Waals surface area contributed by atoms with Crippen molar-refractivity contribution in [2.24, 2.45) is 5.73 Å². The Kier molecular flexibility index (Phi) is 6.49. The number of aryl methyl sites for hydroxylation is 1. The van der Waals surface area contributed by atoms with Crippen LogP contribution in [0.2, 0.25) is 0 Å². The predicted octanol–water partition coefficient (Wildman–Crippen LogP) is 3.65. The van der Waals surface area contributed by atoms with Crippen LogP contribution in [0.1, 0.15) is 62.5 Å². The highest BCUT2D eigenvalue weighted by Gasteiger charge is 2.31. The maximum absolute atomic E-state index is 12.9. The number of hydrogen-bond donors (Lipinski definition) is 1. The Morgan fingerprint density at radius 3 is 2.83 bits per heavy atom. The number of halogens is 1. The molecule has 2 aliphatic rings. The summed E-state index contributed by atoms with van der Waals surface area (Å²) < 4.78 is 0. The fraction of sp³-hybridized carbons (Fsp3) is 0.632. The van der Waals surface area contributed by atoms with Crippen molar-refractivity contribution in [1.29, 1.82) is 0 Å². The number of nitrogens with zero attached hydrogens (tertiary/aromatic N) is 1. The first-order valence-electron chi connectivity index (χ1n) is 8.79. The molecule has 3 nitrogen and oxygen atoms in total. The Bertz CT molecular complexity index is 532. The summed E-state index contributed by atoms with van der Waals surface area (Å²) in [6.45, 7) is 2.92. The van der Waals surface area contributed by atoms with Crippen molar-refractivity contribution < 1.29 is 4.79 Å². The molecule has 3 unspecified atom stereocenters. The van der Waals surface area contributed by atoms with Gasteiger partial charge in [-0.05, 0) is 62.5 Å². The maximum Gasteiger partial charge on any atom is 0.223 e. The average molecular weight is 337 g/mol. The molecule has 1 aromatic rings. The summed E-state index contributed by atoms with van der Waals surface area (Å²) in [4.78, 5) is 14.9. The van der Waals surface area contributed by atoms with Crippen molar-refractivity contribution >= 4 is 18.3 Å². The second-order valence-corrected chi connectivity index (χ2v) is 7.00. The van der Waals surface area contributed by atoms with Crippen LogP contribution in [0.5, 0.6) is 0 Å². The molecule has 3 atom stereocenters. The van der Waals surface area contributed by atoms with Crippen molar-refractivity contribution in [2.45, 2.75) is 69.9 Å². The van der Waals surface area contributed by atoms with Crippen LogP contribution >= 0.6 is 12.4 Å². The third-order valence-electron chi connectivity index (χ3n) is 5.39. The highest BCUT2D eigenvalue weighted by atomic mass is 35.5. The molecule has 1 saturated heterocycles. The van der Waals surface area contributed by atoms with E-state index >= 15 is 0 Å². The van der Waals surface area contributed by atoms with Crippen LogP contribution in [0.4, 0.5) is 0 Å². The molecule has 0 spiro atoms. The normalized spacial score (nSPS) is 25.2. The molecule has 0 aromatic heterocycles. The Morgan fingerprint density at radius 2 is 2.04 bits per heavy atom. The first kappa shape index (κ1) is 18.3.